The third-order valence-corrected chi connectivity index (χ3v) is 5.45. The van der Waals surface area contributed by atoms with Crippen LogP contribution in [0.15, 0.2) is 71.8 Å². The lowest BCUT2D eigenvalue weighted by Crippen LogP contribution is -2.14. The van der Waals surface area contributed by atoms with E-state index in [1.165, 1.54) is 11.8 Å². The summed E-state index contributed by atoms with van der Waals surface area (Å²) in [6.45, 7) is 0. The van der Waals surface area contributed by atoms with E-state index in [0.29, 0.717) is 17.3 Å². The van der Waals surface area contributed by atoms with Gasteiger partial charge in [0.1, 0.15) is 23.5 Å². The number of alkyl halides is 1. The quantitative estimate of drug-likeness (QED) is 0.578. The molecule has 3 aromatic rings. The zero-order chi connectivity index (χ0) is 19.3. The van der Waals surface area contributed by atoms with Gasteiger partial charge in [0.15, 0.2) is 0 Å². The number of carbonyl (C=O) groups is 1. The number of nitrogens with zero attached hydrogens (tertiary/aromatic N) is 1. The molecule has 0 bridgehead atoms. The number of hydrogen-bond donors (Lipinski definition) is 1. The molecular weight excluding hydrogens is 396 g/mol. The molecule has 1 unspecified atom stereocenters. The van der Waals surface area contributed by atoms with Crippen molar-refractivity contribution < 1.29 is 14.3 Å². The van der Waals surface area contributed by atoms with Gasteiger partial charge in [-0.2, -0.15) is 0 Å². The maximum atomic E-state index is 11.3. The number of ether oxygens (including phenoxy) is 2. The highest BCUT2D eigenvalue weighted by atomic mass is 35.5. The Morgan fingerprint density at radius 2 is 2.07 bits per heavy atom. The Hall–Kier alpha value is -2.70. The lowest BCUT2D eigenvalue weighted by Gasteiger charge is -2.26. The zero-order valence-corrected chi connectivity index (χ0v) is 16.4. The first-order valence-corrected chi connectivity index (χ1v) is 10.2. The van der Waals surface area contributed by atoms with Crippen molar-refractivity contribution in [1.29, 1.82) is 0 Å². The summed E-state index contributed by atoms with van der Waals surface area (Å²) in [6, 6.07) is 19.3. The third-order valence-electron chi connectivity index (χ3n) is 4.11. The molecule has 2 heterocycles. The fraction of sp³-hybridized carbons (Fsp3) is 0.143. The smallest absolute Gasteiger partial charge is 0.239 e. The van der Waals surface area contributed by atoms with E-state index in [4.69, 9.17) is 21.1 Å². The summed E-state index contributed by atoms with van der Waals surface area (Å²) in [5.74, 6) is 2.43. The predicted molar refractivity (Wildman–Crippen MR) is 111 cm³/mol. The summed E-state index contributed by atoms with van der Waals surface area (Å²) in [6.07, 6.45) is 1.57. The van der Waals surface area contributed by atoms with Crippen LogP contribution in [0.1, 0.15) is 11.7 Å². The molecule has 0 saturated heterocycles. The number of fused-ring (bicyclic) bond motifs is 1. The van der Waals surface area contributed by atoms with Gasteiger partial charge in [-0.3, -0.25) is 4.79 Å². The molecule has 0 radical (unpaired) electrons. The van der Waals surface area contributed by atoms with E-state index >= 15 is 0 Å². The minimum absolute atomic E-state index is 0.0443. The van der Waals surface area contributed by atoms with Crippen LogP contribution in [0.5, 0.6) is 17.4 Å². The Morgan fingerprint density at radius 3 is 2.82 bits per heavy atom. The lowest BCUT2D eigenvalue weighted by molar-refractivity contribution is -0.113. The Balaban J connectivity index is 1.43. The molecule has 0 fully saturated rings. The van der Waals surface area contributed by atoms with E-state index in [2.05, 4.69) is 22.4 Å². The van der Waals surface area contributed by atoms with Crippen LogP contribution >= 0.6 is 23.4 Å². The highest BCUT2D eigenvalue weighted by molar-refractivity contribution is 7.99. The summed E-state index contributed by atoms with van der Waals surface area (Å²) < 4.78 is 12.0. The van der Waals surface area contributed by atoms with Gasteiger partial charge < -0.3 is 14.8 Å². The second kappa shape index (κ2) is 8.54. The standard InChI is InChI=1S/C21H17ClN2O3S/c22-11-20(25)24-15-6-9-21(23-12-15)26-16-7-8-17-19(10-16)28-13-18(27-17)14-4-2-1-3-5-14/h1-10,12,18H,11,13H2,(H,24,25). The number of amides is 1. The second-order valence-corrected chi connectivity index (χ2v) is 7.43. The Morgan fingerprint density at radius 1 is 1.21 bits per heavy atom. The van der Waals surface area contributed by atoms with Crippen molar-refractivity contribution in [1.82, 2.24) is 4.98 Å². The number of halogens is 1. The molecule has 1 amide bonds. The summed E-state index contributed by atoms with van der Waals surface area (Å²) in [5, 5.41) is 2.63. The minimum Gasteiger partial charge on any atom is -0.484 e. The van der Waals surface area contributed by atoms with Gasteiger partial charge in [-0.1, -0.05) is 30.3 Å². The highest BCUT2D eigenvalue weighted by Crippen LogP contribution is 2.42. The van der Waals surface area contributed by atoms with E-state index in [1.807, 2.05) is 36.4 Å². The fourth-order valence-electron chi connectivity index (χ4n) is 2.78. The number of anilines is 1. The van der Waals surface area contributed by atoms with Crippen molar-refractivity contribution in [3.63, 3.8) is 0 Å². The summed E-state index contributed by atoms with van der Waals surface area (Å²) in [7, 11) is 0. The number of nitrogens with one attached hydrogen (secondary N) is 1. The maximum Gasteiger partial charge on any atom is 0.239 e. The van der Waals surface area contributed by atoms with Gasteiger partial charge in [-0.25, -0.2) is 4.98 Å². The molecule has 142 valence electrons. The largest absolute Gasteiger partial charge is 0.484 e. The first kappa shape index (κ1) is 18.7. The number of rotatable bonds is 5. The minimum atomic E-state index is -0.280. The van der Waals surface area contributed by atoms with Crippen molar-refractivity contribution in [2.24, 2.45) is 0 Å². The molecule has 1 N–H and O–H groups in total. The van der Waals surface area contributed by atoms with E-state index in [0.717, 1.165) is 16.4 Å². The average molecular weight is 413 g/mol. The SMILES string of the molecule is O=C(CCl)Nc1ccc(Oc2ccc3c(c2)SCC(c2ccccc2)O3)nc1. The van der Waals surface area contributed by atoms with E-state index in [-0.39, 0.29) is 17.9 Å². The summed E-state index contributed by atoms with van der Waals surface area (Å²) >= 11 is 7.22. The molecule has 0 saturated carbocycles. The van der Waals surface area contributed by atoms with Crippen molar-refractivity contribution in [3.05, 3.63) is 72.4 Å². The number of aromatic nitrogens is 1. The molecule has 1 atom stereocenters. The first-order chi connectivity index (χ1) is 13.7. The molecule has 0 spiro atoms. The third kappa shape index (κ3) is 4.40. The fourth-order valence-corrected chi connectivity index (χ4v) is 3.89. The number of thioether (sulfide) groups is 1. The average Bonchev–Trinajstić information content (AvgIpc) is 2.75. The van der Waals surface area contributed by atoms with Gasteiger partial charge in [0, 0.05) is 11.8 Å². The Kier molecular flexibility index (Phi) is 5.69. The molecule has 28 heavy (non-hydrogen) atoms. The van der Waals surface area contributed by atoms with Gasteiger partial charge in [-0.05, 0) is 29.8 Å². The van der Waals surface area contributed by atoms with E-state index in [1.54, 1.807) is 23.9 Å². The topological polar surface area (TPSA) is 60.5 Å². The molecule has 0 aliphatic carbocycles. The lowest BCUT2D eigenvalue weighted by atomic mass is 10.1. The summed E-state index contributed by atoms with van der Waals surface area (Å²) in [5.41, 5.74) is 1.74. The van der Waals surface area contributed by atoms with Gasteiger partial charge >= 0.3 is 0 Å². The van der Waals surface area contributed by atoms with Gasteiger partial charge in [-0.15, -0.1) is 23.4 Å². The number of pyridine rings is 1. The molecule has 4 rings (SSSR count). The monoisotopic (exact) mass is 412 g/mol. The van der Waals surface area contributed by atoms with Crippen LogP contribution in [0, 0.1) is 0 Å². The number of carbonyl (C=O) groups excluding carboxylic acids is 1. The van der Waals surface area contributed by atoms with Crippen molar-refractivity contribution in [2.45, 2.75) is 11.0 Å². The normalized spacial score (nSPS) is 15.2. The summed E-state index contributed by atoms with van der Waals surface area (Å²) in [4.78, 5) is 16.5. The van der Waals surface area contributed by atoms with Crippen LogP contribution < -0.4 is 14.8 Å². The van der Waals surface area contributed by atoms with Gasteiger partial charge in [0.2, 0.25) is 11.8 Å². The zero-order valence-electron chi connectivity index (χ0n) is 14.8. The molecule has 7 heteroatoms. The van der Waals surface area contributed by atoms with Crippen LogP contribution in [0.3, 0.4) is 0 Å². The highest BCUT2D eigenvalue weighted by Gasteiger charge is 2.22. The molecule has 1 aromatic heterocycles. The number of benzene rings is 2. The molecule has 2 aromatic carbocycles. The van der Waals surface area contributed by atoms with E-state index in [9.17, 15) is 4.79 Å². The predicted octanol–water partition coefficient (Wildman–Crippen LogP) is 5.28. The van der Waals surface area contributed by atoms with Gasteiger partial charge in [0.05, 0.1) is 16.8 Å². The van der Waals surface area contributed by atoms with Crippen LogP contribution in [-0.4, -0.2) is 22.5 Å². The van der Waals surface area contributed by atoms with Crippen LogP contribution in [0.25, 0.3) is 0 Å². The van der Waals surface area contributed by atoms with Crippen LogP contribution in [0.4, 0.5) is 5.69 Å². The first-order valence-electron chi connectivity index (χ1n) is 8.69. The molecule has 5 nitrogen and oxygen atoms in total. The molecular formula is C21H17ClN2O3S. The van der Waals surface area contributed by atoms with Crippen LogP contribution in [0.2, 0.25) is 0 Å². The second-order valence-electron chi connectivity index (χ2n) is 6.11. The van der Waals surface area contributed by atoms with Crippen molar-refractivity contribution >= 4 is 35.0 Å². The Bertz CT molecular complexity index is 967. The maximum absolute atomic E-state index is 11.3. The van der Waals surface area contributed by atoms with Crippen LogP contribution in [-0.2, 0) is 4.79 Å². The van der Waals surface area contributed by atoms with E-state index < -0.39 is 0 Å². The van der Waals surface area contributed by atoms with Crippen molar-refractivity contribution in [2.75, 3.05) is 16.9 Å². The number of hydrogen-bond acceptors (Lipinski definition) is 5. The Labute approximate surface area is 172 Å². The van der Waals surface area contributed by atoms with Gasteiger partial charge in [0.25, 0.3) is 0 Å². The molecule has 1 aliphatic rings. The van der Waals surface area contributed by atoms with Crippen molar-refractivity contribution in [3.8, 4) is 17.4 Å². The molecule has 1 aliphatic heterocycles.